The number of carboxylic acids is 1. The minimum Gasteiger partial charge on any atom is -0.478 e. The van der Waals surface area contributed by atoms with E-state index in [-0.39, 0.29) is 23.4 Å². The van der Waals surface area contributed by atoms with Crippen LogP contribution in [0.2, 0.25) is 0 Å². The minimum atomic E-state index is -1.07. The van der Waals surface area contributed by atoms with Gasteiger partial charge in [0.25, 0.3) is 0 Å². The summed E-state index contributed by atoms with van der Waals surface area (Å²) in [5.41, 5.74) is 0.516. The number of benzene rings is 1. The Morgan fingerprint density at radius 3 is 2.43 bits per heavy atom. The lowest BCUT2D eigenvalue weighted by Gasteiger charge is -2.34. The summed E-state index contributed by atoms with van der Waals surface area (Å²) in [6.07, 6.45) is 3.82. The number of carboxylic acid groups (broad SMARTS) is 1. The molecule has 1 amide bonds. The number of nitrogens with zero attached hydrogens (tertiary/aromatic N) is 1. The second-order valence-electron chi connectivity index (χ2n) is 7.80. The van der Waals surface area contributed by atoms with E-state index in [0.29, 0.717) is 23.1 Å². The molecule has 0 spiro atoms. The Morgan fingerprint density at radius 1 is 1.14 bits per heavy atom. The Morgan fingerprint density at radius 2 is 1.86 bits per heavy atom. The van der Waals surface area contributed by atoms with Gasteiger partial charge in [0.2, 0.25) is 5.91 Å². The predicted octanol–water partition coefficient (Wildman–Crippen LogP) is 5.81. The summed E-state index contributed by atoms with van der Waals surface area (Å²) in [5, 5.41) is 13.5. The van der Waals surface area contributed by atoms with Crippen molar-refractivity contribution >= 4 is 28.9 Å². The van der Waals surface area contributed by atoms with E-state index in [1.807, 2.05) is 30.7 Å². The van der Waals surface area contributed by atoms with Crippen molar-refractivity contribution in [3.05, 3.63) is 40.6 Å². The van der Waals surface area contributed by atoms with Gasteiger partial charge in [0.1, 0.15) is 11.5 Å². The lowest BCUT2D eigenvalue weighted by molar-refractivity contribution is -0.123. The number of anilines is 1. The van der Waals surface area contributed by atoms with Crippen molar-refractivity contribution in [2.24, 2.45) is 11.8 Å². The summed E-state index contributed by atoms with van der Waals surface area (Å²) in [7, 11) is 0. The fourth-order valence-electron chi connectivity index (χ4n) is 3.76. The van der Waals surface area contributed by atoms with E-state index in [1.165, 1.54) is 17.4 Å². The molecule has 1 aliphatic carbocycles. The largest absolute Gasteiger partial charge is 0.478 e. The highest BCUT2D eigenvalue weighted by atomic mass is 32.1. The molecule has 0 unspecified atom stereocenters. The van der Waals surface area contributed by atoms with E-state index in [9.17, 15) is 14.7 Å². The second kappa shape index (κ2) is 8.78. The van der Waals surface area contributed by atoms with E-state index in [2.05, 4.69) is 6.92 Å². The Bertz CT molecular complexity index is 823. The highest BCUT2D eigenvalue weighted by molar-refractivity contribution is 7.08. The number of amides is 1. The molecule has 0 bridgehead atoms. The third kappa shape index (κ3) is 4.55. The molecule has 0 radical (unpaired) electrons. The zero-order valence-electron chi connectivity index (χ0n) is 16.6. The van der Waals surface area contributed by atoms with E-state index in [1.54, 1.807) is 17.0 Å². The van der Waals surface area contributed by atoms with Crippen molar-refractivity contribution in [3.63, 3.8) is 0 Å². The van der Waals surface area contributed by atoms with Gasteiger partial charge in [0.15, 0.2) is 0 Å². The van der Waals surface area contributed by atoms with Crippen LogP contribution in [-0.4, -0.2) is 23.0 Å². The van der Waals surface area contributed by atoms with Gasteiger partial charge in [-0.2, -0.15) is 0 Å². The number of hydrogen-bond donors (Lipinski definition) is 1. The SMILES string of the molecule is CC1CCC(C(=O)N(c2ccc(Oc3ccsc3)cc2C(=O)O)C(C)C)CC1. The molecular formula is C22H27NO4S. The van der Waals surface area contributed by atoms with E-state index < -0.39 is 5.97 Å². The average Bonchev–Trinajstić information content (AvgIpc) is 3.16. The van der Waals surface area contributed by atoms with Crippen molar-refractivity contribution in [1.82, 2.24) is 0 Å². The van der Waals surface area contributed by atoms with Gasteiger partial charge in [0, 0.05) is 17.3 Å². The van der Waals surface area contributed by atoms with E-state index >= 15 is 0 Å². The van der Waals surface area contributed by atoms with Crippen LogP contribution in [0.1, 0.15) is 56.8 Å². The van der Waals surface area contributed by atoms with Crippen LogP contribution in [0.25, 0.3) is 0 Å². The first-order valence-corrected chi connectivity index (χ1v) is 10.7. The molecule has 2 aromatic rings. The quantitative estimate of drug-likeness (QED) is 0.664. The molecule has 5 nitrogen and oxygen atoms in total. The second-order valence-corrected chi connectivity index (χ2v) is 8.58. The van der Waals surface area contributed by atoms with Gasteiger partial charge < -0.3 is 14.7 Å². The van der Waals surface area contributed by atoms with Gasteiger partial charge in [-0.1, -0.05) is 6.92 Å². The standard InChI is InChI=1S/C22H27NO4S/c1-14(2)23(21(24)16-6-4-15(3)5-7-16)20-9-8-17(12-19(20)22(25)26)27-18-10-11-28-13-18/h8-16H,4-7H2,1-3H3,(H,25,26). The highest BCUT2D eigenvalue weighted by Crippen LogP contribution is 2.35. The monoisotopic (exact) mass is 401 g/mol. The Kier molecular flexibility index (Phi) is 6.39. The van der Waals surface area contributed by atoms with Gasteiger partial charge >= 0.3 is 5.97 Å². The normalized spacial score (nSPS) is 19.4. The smallest absolute Gasteiger partial charge is 0.337 e. The first-order valence-electron chi connectivity index (χ1n) is 9.77. The molecule has 1 N–H and O–H groups in total. The van der Waals surface area contributed by atoms with Crippen LogP contribution in [0.5, 0.6) is 11.5 Å². The lowest BCUT2D eigenvalue weighted by Crippen LogP contribution is -2.42. The van der Waals surface area contributed by atoms with Crippen molar-refractivity contribution in [2.45, 2.75) is 52.5 Å². The van der Waals surface area contributed by atoms with Gasteiger partial charge in [-0.25, -0.2) is 4.79 Å². The number of ether oxygens (including phenoxy) is 1. The maximum absolute atomic E-state index is 13.3. The van der Waals surface area contributed by atoms with Crippen LogP contribution in [-0.2, 0) is 4.79 Å². The van der Waals surface area contributed by atoms with Crippen molar-refractivity contribution in [3.8, 4) is 11.5 Å². The third-order valence-electron chi connectivity index (χ3n) is 5.31. The number of carbonyl (C=O) groups is 2. The lowest BCUT2D eigenvalue weighted by atomic mass is 9.82. The molecule has 3 rings (SSSR count). The van der Waals surface area contributed by atoms with Gasteiger partial charge in [-0.15, -0.1) is 11.3 Å². The Hall–Kier alpha value is -2.34. The number of thiophene rings is 1. The number of rotatable bonds is 6. The predicted molar refractivity (Wildman–Crippen MR) is 112 cm³/mol. The minimum absolute atomic E-state index is 0.0240. The van der Waals surface area contributed by atoms with Crippen LogP contribution in [0.15, 0.2) is 35.0 Å². The van der Waals surface area contributed by atoms with E-state index in [4.69, 9.17) is 4.74 Å². The van der Waals surface area contributed by atoms with Crippen LogP contribution in [0.3, 0.4) is 0 Å². The number of carbonyl (C=O) groups excluding carboxylic acids is 1. The molecule has 1 aromatic carbocycles. The van der Waals surface area contributed by atoms with Crippen LogP contribution in [0.4, 0.5) is 5.69 Å². The molecule has 28 heavy (non-hydrogen) atoms. The van der Waals surface area contributed by atoms with Crippen LogP contribution >= 0.6 is 11.3 Å². The van der Waals surface area contributed by atoms with Crippen molar-refractivity contribution < 1.29 is 19.4 Å². The zero-order chi connectivity index (χ0) is 20.3. The fourth-order valence-corrected chi connectivity index (χ4v) is 4.31. The molecule has 6 heteroatoms. The molecule has 150 valence electrons. The van der Waals surface area contributed by atoms with Gasteiger partial charge in [-0.05, 0) is 75.1 Å². The molecule has 1 heterocycles. The van der Waals surface area contributed by atoms with Crippen molar-refractivity contribution in [1.29, 1.82) is 0 Å². The summed E-state index contributed by atoms with van der Waals surface area (Å²) in [5.74, 6) is 0.684. The summed E-state index contributed by atoms with van der Waals surface area (Å²) in [6, 6.07) is 6.61. The molecule has 1 fully saturated rings. The molecule has 1 aliphatic rings. The third-order valence-corrected chi connectivity index (χ3v) is 5.97. The van der Waals surface area contributed by atoms with Crippen LogP contribution in [0, 0.1) is 11.8 Å². The molecule has 1 saturated carbocycles. The summed E-state index contributed by atoms with van der Waals surface area (Å²) in [6.45, 7) is 6.06. The fraction of sp³-hybridized carbons (Fsp3) is 0.455. The first kappa shape index (κ1) is 20.4. The van der Waals surface area contributed by atoms with E-state index in [0.717, 1.165) is 25.7 Å². The molecule has 0 aliphatic heterocycles. The number of hydrogen-bond acceptors (Lipinski definition) is 4. The highest BCUT2D eigenvalue weighted by Gasteiger charge is 2.32. The summed E-state index contributed by atoms with van der Waals surface area (Å²) in [4.78, 5) is 26.9. The Balaban J connectivity index is 1.91. The van der Waals surface area contributed by atoms with Crippen molar-refractivity contribution in [2.75, 3.05) is 4.90 Å². The molecule has 0 atom stereocenters. The van der Waals surface area contributed by atoms with Gasteiger partial charge in [0.05, 0.1) is 11.3 Å². The Labute approximate surface area is 169 Å². The molecule has 0 saturated heterocycles. The number of aromatic carboxylic acids is 1. The maximum atomic E-state index is 13.3. The maximum Gasteiger partial charge on any atom is 0.337 e. The van der Waals surface area contributed by atoms with Gasteiger partial charge in [-0.3, -0.25) is 4.79 Å². The summed E-state index contributed by atoms with van der Waals surface area (Å²) >= 11 is 1.51. The van der Waals surface area contributed by atoms with Crippen LogP contribution < -0.4 is 9.64 Å². The topological polar surface area (TPSA) is 66.8 Å². The average molecular weight is 402 g/mol. The first-order chi connectivity index (χ1) is 13.4. The summed E-state index contributed by atoms with van der Waals surface area (Å²) < 4.78 is 5.74. The zero-order valence-corrected chi connectivity index (χ0v) is 17.4. The molecule has 1 aromatic heterocycles. The molecular weight excluding hydrogens is 374 g/mol.